The average Bonchev–Trinajstić information content (AvgIpc) is 3.19. The number of rotatable bonds is 2. The lowest BCUT2D eigenvalue weighted by Crippen LogP contribution is -2.49. The van der Waals surface area contributed by atoms with Gasteiger partial charge in [-0.1, -0.05) is 31.0 Å². The van der Waals surface area contributed by atoms with Gasteiger partial charge < -0.3 is 9.80 Å². The first-order chi connectivity index (χ1) is 11.6. The number of hydrogen-bond acceptors (Lipinski definition) is 2. The highest BCUT2D eigenvalue weighted by Crippen LogP contribution is 2.47. The van der Waals surface area contributed by atoms with Crippen LogP contribution in [0.15, 0.2) is 24.3 Å². The van der Waals surface area contributed by atoms with E-state index in [1.165, 1.54) is 25.7 Å². The highest BCUT2D eigenvalue weighted by Gasteiger charge is 2.51. The molecule has 0 atom stereocenters. The number of hydrogen-bond donors (Lipinski definition) is 0. The van der Waals surface area contributed by atoms with Gasteiger partial charge in [-0.25, -0.2) is 0 Å². The molecule has 2 fully saturated rings. The van der Waals surface area contributed by atoms with E-state index in [1.807, 2.05) is 30.1 Å². The van der Waals surface area contributed by atoms with Gasteiger partial charge in [-0.15, -0.1) is 0 Å². The van der Waals surface area contributed by atoms with Crippen LogP contribution in [0.5, 0.6) is 0 Å². The van der Waals surface area contributed by atoms with Crippen molar-refractivity contribution in [2.75, 3.05) is 25.0 Å². The van der Waals surface area contributed by atoms with E-state index >= 15 is 0 Å². The van der Waals surface area contributed by atoms with E-state index in [1.54, 1.807) is 4.90 Å². The first-order valence-electron chi connectivity index (χ1n) is 9.27. The number of piperidine rings is 1. The standard InChI is InChI=1S/C20H26N2O2/c1-21-17-9-5-4-8-16(17)20(19(21)24)10-12-22(13-11-20)18(23)14-15-6-2-3-7-15/h4-5,8-9,15H,2-3,6-7,10-14H2,1H3. The average molecular weight is 326 g/mol. The molecule has 0 radical (unpaired) electrons. The van der Waals surface area contributed by atoms with Crippen LogP contribution in [0.4, 0.5) is 5.69 Å². The van der Waals surface area contributed by atoms with Crippen molar-refractivity contribution in [2.24, 2.45) is 5.92 Å². The predicted molar refractivity (Wildman–Crippen MR) is 93.9 cm³/mol. The molecule has 2 aliphatic heterocycles. The van der Waals surface area contributed by atoms with Gasteiger partial charge in [-0.2, -0.15) is 0 Å². The topological polar surface area (TPSA) is 40.6 Å². The molecule has 0 unspecified atom stereocenters. The molecule has 3 aliphatic rings. The Morgan fingerprint density at radius 1 is 1.17 bits per heavy atom. The van der Waals surface area contributed by atoms with Crippen LogP contribution in [0.3, 0.4) is 0 Å². The SMILES string of the molecule is CN1C(=O)C2(CCN(C(=O)CC3CCCC3)CC2)c2ccccc21. The summed E-state index contributed by atoms with van der Waals surface area (Å²) >= 11 is 0. The van der Waals surface area contributed by atoms with E-state index in [-0.39, 0.29) is 5.91 Å². The predicted octanol–water partition coefficient (Wildman–Crippen LogP) is 3.10. The third-order valence-corrected chi connectivity index (χ3v) is 6.40. The largest absolute Gasteiger partial charge is 0.343 e. The second-order valence-electron chi connectivity index (χ2n) is 7.70. The van der Waals surface area contributed by atoms with Gasteiger partial charge in [-0.05, 0) is 43.2 Å². The molecule has 4 nitrogen and oxygen atoms in total. The smallest absolute Gasteiger partial charge is 0.237 e. The van der Waals surface area contributed by atoms with Crippen molar-refractivity contribution < 1.29 is 9.59 Å². The Hall–Kier alpha value is -1.84. The maximum absolute atomic E-state index is 12.9. The van der Waals surface area contributed by atoms with Crippen molar-refractivity contribution >= 4 is 17.5 Å². The first kappa shape index (κ1) is 15.7. The summed E-state index contributed by atoms with van der Waals surface area (Å²) in [6.07, 6.45) is 7.18. The molecule has 2 heterocycles. The first-order valence-corrected chi connectivity index (χ1v) is 9.27. The van der Waals surface area contributed by atoms with Crippen LogP contribution in [0.1, 0.15) is 50.5 Å². The van der Waals surface area contributed by atoms with Crippen molar-refractivity contribution in [3.63, 3.8) is 0 Å². The molecule has 1 aliphatic carbocycles. The fraction of sp³-hybridized carbons (Fsp3) is 0.600. The Labute approximate surface area is 143 Å². The molecule has 4 heteroatoms. The zero-order valence-corrected chi connectivity index (χ0v) is 14.5. The minimum atomic E-state index is -0.407. The molecule has 0 N–H and O–H groups in total. The van der Waals surface area contributed by atoms with Gasteiger partial charge in [0.15, 0.2) is 0 Å². The van der Waals surface area contributed by atoms with E-state index in [2.05, 4.69) is 6.07 Å². The Kier molecular flexibility index (Phi) is 3.86. The Bertz CT molecular complexity index is 655. The van der Waals surface area contributed by atoms with Crippen LogP contribution in [0.2, 0.25) is 0 Å². The Morgan fingerprint density at radius 3 is 2.54 bits per heavy atom. The van der Waals surface area contributed by atoms with Gasteiger partial charge in [-0.3, -0.25) is 9.59 Å². The summed E-state index contributed by atoms with van der Waals surface area (Å²) in [5.41, 5.74) is 1.78. The molecule has 1 aromatic carbocycles. The maximum atomic E-state index is 12.9. The summed E-state index contributed by atoms with van der Waals surface area (Å²) in [7, 11) is 1.87. The number of likely N-dealkylation sites (N-methyl/N-ethyl adjacent to an activating group) is 1. The van der Waals surface area contributed by atoms with Crippen molar-refractivity contribution in [1.82, 2.24) is 4.90 Å². The zero-order valence-electron chi connectivity index (χ0n) is 14.5. The van der Waals surface area contributed by atoms with Crippen molar-refractivity contribution in [3.8, 4) is 0 Å². The van der Waals surface area contributed by atoms with Gasteiger partial charge in [0.05, 0.1) is 5.41 Å². The second kappa shape index (κ2) is 5.91. The van der Waals surface area contributed by atoms with Crippen LogP contribution in [0.25, 0.3) is 0 Å². The van der Waals surface area contributed by atoms with E-state index in [9.17, 15) is 9.59 Å². The summed E-state index contributed by atoms with van der Waals surface area (Å²) in [5, 5.41) is 0. The van der Waals surface area contributed by atoms with Crippen LogP contribution >= 0.6 is 0 Å². The van der Waals surface area contributed by atoms with Crippen molar-refractivity contribution in [1.29, 1.82) is 0 Å². The monoisotopic (exact) mass is 326 g/mol. The summed E-state index contributed by atoms with van der Waals surface area (Å²) in [4.78, 5) is 29.3. The third-order valence-electron chi connectivity index (χ3n) is 6.40. The lowest BCUT2D eigenvalue weighted by molar-refractivity contribution is -0.136. The molecule has 4 rings (SSSR count). The highest BCUT2D eigenvalue weighted by molar-refractivity contribution is 6.07. The lowest BCUT2D eigenvalue weighted by atomic mass is 9.73. The molecule has 0 aromatic heterocycles. The van der Waals surface area contributed by atoms with Gasteiger partial charge >= 0.3 is 0 Å². The second-order valence-corrected chi connectivity index (χ2v) is 7.70. The van der Waals surface area contributed by atoms with Crippen LogP contribution in [-0.2, 0) is 15.0 Å². The number of likely N-dealkylation sites (tertiary alicyclic amines) is 1. The number of amides is 2. The van der Waals surface area contributed by atoms with Gasteiger partial charge in [0.2, 0.25) is 11.8 Å². The molecule has 1 saturated heterocycles. The van der Waals surface area contributed by atoms with E-state index < -0.39 is 5.41 Å². The third kappa shape index (κ3) is 2.35. The molecule has 1 aromatic rings. The molecule has 0 bridgehead atoms. The number of carbonyl (C=O) groups excluding carboxylic acids is 2. The number of para-hydroxylation sites is 1. The molecule has 1 saturated carbocycles. The fourth-order valence-corrected chi connectivity index (χ4v) is 4.93. The lowest BCUT2D eigenvalue weighted by Gasteiger charge is -2.38. The Morgan fingerprint density at radius 2 is 1.83 bits per heavy atom. The van der Waals surface area contributed by atoms with Crippen molar-refractivity contribution in [3.05, 3.63) is 29.8 Å². The molecule has 2 amide bonds. The van der Waals surface area contributed by atoms with Gasteiger partial charge in [0, 0.05) is 32.2 Å². The van der Waals surface area contributed by atoms with Crippen LogP contribution < -0.4 is 4.90 Å². The molecule has 24 heavy (non-hydrogen) atoms. The van der Waals surface area contributed by atoms with Crippen LogP contribution in [0, 0.1) is 5.92 Å². The molecular weight excluding hydrogens is 300 g/mol. The summed E-state index contributed by atoms with van der Waals surface area (Å²) in [5.74, 6) is 1.09. The van der Waals surface area contributed by atoms with E-state index in [0.717, 1.165) is 24.1 Å². The van der Waals surface area contributed by atoms with Crippen molar-refractivity contribution in [2.45, 2.75) is 50.4 Å². The quantitative estimate of drug-likeness (QED) is 0.838. The normalized spacial score (nSPS) is 23.1. The Balaban J connectivity index is 1.47. The number of fused-ring (bicyclic) bond motifs is 2. The molecular formula is C20H26N2O2. The number of carbonyl (C=O) groups is 2. The fourth-order valence-electron chi connectivity index (χ4n) is 4.93. The number of nitrogens with zero attached hydrogens (tertiary/aromatic N) is 2. The summed E-state index contributed by atoms with van der Waals surface area (Å²) < 4.78 is 0. The maximum Gasteiger partial charge on any atom is 0.237 e. The highest BCUT2D eigenvalue weighted by atomic mass is 16.2. The number of benzene rings is 1. The van der Waals surface area contributed by atoms with Gasteiger partial charge in [0.25, 0.3) is 0 Å². The van der Waals surface area contributed by atoms with Gasteiger partial charge in [0.1, 0.15) is 0 Å². The summed E-state index contributed by atoms with van der Waals surface area (Å²) in [6, 6.07) is 8.12. The minimum Gasteiger partial charge on any atom is -0.343 e. The zero-order chi connectivity index (χ0) is 16.7. The van der Waals surface area contributed by atoms with E-state index in [0.29, 0.717) is 31.3 Å². The van der Waals surface area contributed by atoms with E-state index in [4.69, 9.17) is 0 Å². The van der Waals surface area contributed by atoms with Crippen LogP contribution in [-0.4, -0.2) is 36.9 Å². The summed E-state index contributed by atoms with van der Waals surface area (Å²) in [6.45, 7) is 1.42. The minimum absolute atomic E-state index is 0.201. The molecule has 128 valence electrons. The number of anilines is 1. The molecule has 1 spiro atoms.